The molecular weight excluding hydrogens is 368 g/mol. The van der Waals surface area contributed by atoms with Gasteiger partial charge < -0.3 is 13.9 Å². The van der Waals surface area contributed by atoms with Gasteiger partial charge in [0.15, 0.2) is 5.78 Å². The molecular formula is C21H19ClO5. The Bertz CT molecular complexity index is 958. The van der Waals surface area contributed by atoms with Crippen LogP contribution in [-0.2, 0) is 16.0 Å². The Morgan fingerprint density at radius 2 is 1.78 bits per heavy atom. The van der Waals surface area contributed by atoms with Crippen LogP contribution >= 0.6 is 11.6 Å². The number of carbonyl (C=O) groups is 2. The lowest BCUT2D eigenvalue weighted by Gasteiger charge is -2.11. The number of alkyl halides is 1. The van der Waals surface area contributed by atoms with E-state index in [1.807, 2.05) is 31.2 Å². The second-order valence-corrected chi connectivity index (χ2v) is 6.19. The van der Waals surface area contributed by atoms with Crippen molar-refractivity contribution < 1.29 is 23.5 Å². The molecule has 3 aromatic rings. The van der Waals surface area contributed by atoms with Gasteiger partial charge in [0, 0.05) is 17.4 Å². The van der Waals surface area contributed by atoms with Crippen molar-refractivity contribution in [3.05, 3.63) is 65.4 Å². The van der Waals surface area contributed by atoms with Gasteiger partial charge in [0.2, 0.25) is 0 Å². The maximum Gasteiger partial charge on any atom is 0.363 e. The van der Waals surface area contributed by atoms with E-state index in [-0.39, 0.29) is 12.4 Å². The molecule has 0 aliphatic rings. The zero-order valence-corrected chi connectivity index (χ0v) is 15.8. The van der Waals surface area contributed by atoms with Crippen LogP contribution in [0.4, 0.5) is 0 Å². The standard InChI is InChI=1S/C21H19ClO5/c1-3-16-18(15-7-5-6-8-17(15)27-16)19(23)13-9-11-14(12-10-13)26-20(22)21(24)25-4-2/h5-12,20H,3-4H2,1-2H3. The van der Waals surface area contributed by atoms with Gasteiger partial charge in [0.05, 0.1) is 12.2 Å². The lowest BCUT2D eigenvalue weighted by Crippen LogP contribution is -2.23. The van der Waals surface area contributed by atoms with E-state index in [0.717, 1.165) is 5.39 Å². The molecule has 0 fully saturated rings. The maximum absolute atomic E-state index is 13.0. The highest BCUT2D eigenvalue weighted by atomic mass is 35.5. The molecule has 0 aliphatic carbocycles. The van der Waals surface area contributed by atoms with Crippen LogP contribution in [0.5, 0.6) is 5.75 Å². The van der Waals surface area contributed by atoms with E-state index in [1.54, 1.807) is 31.2 Å². The molecule has 0 bridgehead atoms. The van der Waals surface area contributed by atoms with Gasteiger partial charge >= 0.3 is 5.97 Å². The summed E-state index contributed by atoms with van der Waals surface area (Å²) in [4.78, 5) is 24.6. The molecule has 0 aliphatic heterocycles. The van der Waals surface area contributed by atoms with Crippen LogP contribution in [-0.4, -0.2) is 23.9 Å². The molecule has 1 unspecified atom stereocenters. The molecule has 0 saturated carbocycles. The third kappa shape index (κ3) is 3.98. The van der Waals surface area contributed by atoms with E-state index in [4.69, 9.17) is 25.5 Å². The Labute approximate surface area is 161 Å². The first-order valence-electron chi connectivity index (χ1n) is 8.67. The molecule has 5 nitrogen and oxygen atoms in total. The van der Waals surface area contributed by atoms with Gasteiger partial charge in [-0.05, 0) is 37.3 Å². The van der Waals surface area contributed by atoms with E-state index < -0.39 is 11.5 Å². The lowest BCUT2D eigenvalue weighted by molar-refractivity contribution is -0.147. The van der Waals surface area contributed by atoms with E-state index in [2.05, 4.69) is 0 Å². The Morgan fingerprint density at radius 3 is 2.44 bits per heavy atom. The first-order chi connectivity index (χ1) is 13.0. The smallest absolute Gasteiger partial charge is 0.363 e. The lowest BCUT2D eigenvalue weighted by atomic mass is 9.99. The van der Waals surface area contributed by atoms with Crippen molar-refractivity contribution in [2.45, 2.75) is 25.8 Å². The summed E-state index contributed by atoms with van der Waals surface area (Å²) in [5.41, 5.74) is 0.516. The fourth-order valence-electron chi connectivity index (χ4n) is 2.80. The molecule has 0 N–H and O–H groups in total. The number of fused-ring (bicyclic) bond motifs is 1. The fourth-order valence-corrected chi connectivity index (χ4v) is 2.96. The van der Waals surface area contributed by atoms with Gasteiger partial charge in [0.25, 0.3) is 5.56 Å². The topological polar surface area (TPSA) is 65.7 Å². The van der Waals surface area contributed by atoms with Gasteiger partial charge in [0.1, 0.15) is 17.1 Å². The number of ketones is 1. The summed E-state index contributed by atoms with van der Waals surface area (Å²) in [5, 5.41) is 0.794. The molecule has 1 heterocycles. The number of furan rings is 1. The Hall–Kier alpha value is -2.79. The van der Waals surface area contributed by atoms with E-state index in [0.29, 0.717) is 34.6 Å². The van der Waals surface area contributed by atoms with Crippen molar-refractivity contribution in [1.82, 2.24) is 0 Å². The molecule has 0 saturated heterocycles. The summed E-state index contributed by atoms with van der Waals surface area (Å²) in [6.45, 7) is 3.85. The predicted octanol–water partition coefficient (Wildman–Crippen LogP) is 4.73. The second-order valence-electron chi connectivity index (χ2n) is 5.79. The molecule has 0 spiro atoms. The Morgan fingerprint density at radius 1 is 1.07 bits per heavy atom. The van der Waals surface area contributed by atoms with E-state index >= 15 is 0 Å². The normalized spacial score (nSPS) is 12.0. The van der Waals surface area contributed by atoms with E-state index in [9.17, 15) is 9.59 Å². The first-order valence-corrected chi connectivity index (χ1v) is 9.11. The number of ether oxygens (including phenoxy) is 2. The molecule has 0 amide bonds. The van der Waals surface area contributed by atoms with Crippen molar-refractivity contribution >= 4 is 34.3 Å². The molecule has 2 aromatic carbocycles. The second kappa shape index (κ2) is 8.27. The summed E-state index contributed by atoms with van der Waals surface area (Å²) in [6.07, 6.45) is 0.615. The quantitative estimate of drug-likeness (QED) is 0.333. The molecule has 0 radical (unpaired) electrons. The monoisotopic (exact) mass is 386 g/mol. The molecule has 27 heavy (non-hydrogen) atoms. The zero-order valence-electron chi connectivity index (χ0n) is 15.0. The van der Waals surface area contributed by atoms with Crippen LogP contribution in [0.1, 0.15) is 35.5 Å². The summed E-state index contributed by atoms with van der Waals surface area (Å²) in [5.74, 6) is 0.241. The average molecular weight is 387 g/mol. The number of hydrogen-bond donors (Lipinski definition) is 0. The van der Waals surface area contributed by atoms with Crippen LogP contribution < -0.4 is 4.74 Å². The number of benzene rings is 2. The summed E-state index contributed by atoms with van der Waals surface area (Å²) in [7, 11) is 0. The highest BCUT2D eigenvalue weighted by Crippen LogP contribution is 2.29. The Kier molecular flexibility index (Phi) is 5.81. The fraction of sp³-hybridized carbons (Fsp3) is 0.238. The zero-order chi connectivity index (χ0) is 19.4. The molecule has 140 valence electrons. The maximum atomic E-state index is 13.0. The van der Waals surface area contributed by atoms with Crippen LogP contribution in [0.2, 0.25) is 0 Å². The predicted molar refractivity (Wildman–Crippen MR) is 102 cm³/mol. The highest BCUT2D eigenvalue weighted by molar-refractivity contribution is 6.28. The van der Waals surface area contributed by atoms with E-state index in [1.165, 1.54) is 0 Å². The Balaban J connectivity index is 1.84. The number of rotatable bonds is 7. The van der Waals surface area contributed by atoms with Gasteiger partial charge in [-0.3, -0.25) is 4.79 Å². The summed E-state index contributed by atoms with van der Waals surface area (Å²) >= 11 is 5.86. The van der Waals surface area contributed by atoms with Gasteiger partial charge in [-0.2, -0.15) is 0 Å². The largest absolute Gasteiger partial charge is 0.463 e. The number of hydrogen-bond acceptors (Lipinski definition) is 5. The molecule has 3 rings (SSSR count). The minimum absolute atomic E-state index is 0.129. The van der Waals surface area contributed by atoms with Gasteiger partial charge in [-0.1, -0.05) is 36.7 Å². The molecule has 6 heteroatoms. The van der Waals surface area contributed by atoms with Crippen molar-refractivity contribution in [1.29, 1.82) is 0 Å². The number of carbonyl (C=O) groups excluding carboxylic acids is 2. The van der Waals surface area contributed by atoms with Crippen LogP contribution in [0.15, 0.2) is 52.9 Å². The highest BCUT2D eigenvalue weighted by Gasteiger charge is 2.22. The third-order valence-corrected chi connectivity index (χ3v) is 4.31. The first kappa shape index (κ1) is 19.0. The molecule has 1 aromatic heterocycles. The number of halogens is 1. The average Bonchev–Trinajstić information content (AvgIpc) is 3.06. The van der Waals surface area contributed by atoms with Crippen molar-refractivity contribution in [2.75, 3.05) is 6.61 Å². The van der Waals surface area contributed by atoms with Crippen LogP contribution in [0.3, 0.4) is 0 Å². The van der Waals surface area contributed by atoms with Crippen molar-refractivity contribution in [2.24, 2.45) is 0 Å². The van der Waals surface area contributed by atoms with Crippen LogP contribution in [0, 0.1) is 0 Å². The number of esters is 1. The minimum Gasteiger partial charge on any atom is -0.463 e. The summed E-state index contributed by atoms with van der Waals surface area (Å²) < 4.78 is 15.9. The molecule has 1 atom stereocenters. The minimum atomic E-state index is -1.24. The van der Waals surface area contributed by atoms with Gasteiger partial charge in [-0.15, -0.1) is 0 Å². The van der Waals surface area contributed by atoms with Gasteiger partial charge in [-0.25, -0.2) is 4.79 Å². The SMILES string of the molecule is CCOC(=O)C(Cl)Oc1ccc(C(=O)c2c(CC)oc3ccccc23)cc1. The number of para-hydroxylation sites is 1. The van der Waals surface area contributed by atoms with Crippen molar-refractivity contribution in [3.63, 3.8) is 0 Å². The van der Waals surface area contributed by atoms with Crippen molar-refractivity contribution in [3.8, 4) is 5.75 Å². The third-order valence-electron chi connectivity index (χ3n) is 4.04. The summed E-state index contributed by atoms with van der Waals surface area (Å²) in [6, 6.07) is 13.9. The van der Waals surface area contributed by atoms with Crippen LogP contribution in [0.25, 0.3) is 11.0 Å². The number of aryl methyl sites for hydroxylation is 1.